The molecular formula is C16H26ClNO3. The van der Waals surface area contributed by atoms with Gasteiger partial charge < -0.3 is 19.5 Å². The van der Waals surface area contributed by atoms with Crippen molar-refractivity contribution >= 4 is 11.6 Å². The first-order chi connectivity index (χ1) is 10.2. The number of benzene rings is 1. The molecule has 0 aliphatic carbocycles. The van der Waals surface area contributed by atoms with E-state index in [-0.39, 0.29) is 0 Å². The Balaban J connectivity index is 2.64. The molecule has 0 unspecified atom stereocenters. The lowest BCUT2D eigenvalue weighted by Gasteiger charge is -2.16. The summed E-state index contributed by atoms with van der Waals surface area (Å²) in [7, 11) is 1.62. The minimum absolute atomic E-state index is 0.501. The Labute approximate surface area is 132 Å². The highest BCUT2D eigenvalue weighted by atomic mass is 35.5. The quantitative estimate of drug-likeness (QED) is 0.633. The smallest absolute Gasteiger partial charge is 0.165 e. The number of hydrogen-bond donors (Lipinski definition) is 1. The second-order valence-electron chi connectivity index (χ2n) is 4.69. The molecule has 0 heterocycles. The summed E-state index contributed by atoms with van der Waals surface area (Å²) in [6, 6.07) is 3.67. The zero-order valence-electron chi connectivity index (χ0n) is 13.2. The molecule has 0 spiro atoms. The van der Waals surface area contributed by atoms with Crippen LogP contribution in [-0.4, -0.2) is 33.5 Å². The molecule has 1 rings (SSSR count). The van der Waals surface area contributed by atoms with E-state index in [0.717, 1.165) is 37.3 Å². The molecule has 4 nitrogen and oxygen atoms in total. The van der Waals surface area contributed by atoms with E-state index >= 15 is 0 Å². The summed E-state index contributed by atoms with van der Waals surface area (Å²) in [5.41, 5.74) is 0.995. The average Bonchev–Trinajstić information content (AvgIpc) is 2.49. The summed E-state index contributed by atoms with van der Waals surface area (Å²) in [5.74, 6) is 1.39. The summed E-state index contributed by atoms with van der Waals surface area (Å²) >= 11 is 6.11. The number of unbranched alkanes of at least 4 members (excludes halogenated alkanes) is 1. The van der Waals surface area contributed by atoms with Crippen LogP contribution in [0, 0.1) is 0 Å². The zero-order chi connectivity index (χ0) is 15.5. The Kier molecular flexibility index (Phi) is 9.22. The topological polar surface area (TPSA) is 39.7 Å². The van der Waals surface area contributed by atoms with E-state index in [1.165, 1.54) is 0 Å². The van der Waals surface area contributed by atoms with Gasteiger partial charge in [0.1, 0.15) is 6.61 Å². The highest BCUT2D eigenvalue weighted by molar-refractivity contribution is 6.30. The number of rotatable bonds is 11. The Morgan fingerprint density at radius 1 is 1.14 bits per heavy atom. The Hall–Kier alpha value is -0.970. The van der Waals surface area contributed by atoms with Gasteiger partial charge in [-0.15, -0.1) is 0 Å². The summed E-state index contributed by atoms with van der Waals surface area (Å²) in [6.45, 7) is 7.64. The molecule has 0 saturated heterocycles. The van der Waals surface area contributed by atoms with Gasteiger partial charge in [-0.2, -0.15) is 0 Å². The zero-order valence-corrected chi connectivity index (χ0v) is 14.0. The molecule has 1 aromatic rings. The van der Waals surface area contributed by atoms with E-state index in [1.54, 1.807) is 13.2 Å². The summed E-state index contributed by atoms with van der Waals surface area (Å²) in [4.78, 5) is 0. The molecule has 21 heavy (non-hydrogen) atoms. The Bertz CT molecular complexity index is 413. The molecular weight excluding hydrogens is 290 g/mol. The van der Waals surface area contributed by atoms with Crippen LogP contribution in [0.2, 0.25) is 5.02 Å². The SMILES string of the molecule is CCCCOCCOc1c(CNCC)cc(Cl)cc1OC. The minimum atomic E-state index is 0.501. The van der Waals surface area contributed by atoms with Crippen molar-refractivity contribution in [1.29, 1.82) is 0 Å². The Morgan fingerprint density at radius 2 is 1.95 bits per heavy atom. The van der Waals surface area contributed by atoms with Crippen LogP contribution in [0.25, 0.3) is 0 Å². The monoisotopic (exact) mass is 315 g/mol. The van der Waals surface area contributed by atoms with E-state index < -0.39 is 0 Å². The molecule has 5 heteroatoms. The number of methoxy groups -OCH3 is 1. The molecule has 1 aromatic carbocycles. The van der Waals surface area contributed by atoms with Gasteiger partial charge in [0.15, 0.2) is 11.5 Å². The van der Waals surface area contributed by atoms with Crippen molar-refractivity contribution in [1.82, 2.24) is 5.32 Å². The van der Waals surface area contributed by atoms with E-state index in [1.807, 2.05) is 6.07 Å². The molecule has 1 N–H and O–H groups in total. The predicted octanol–water partition coefficient (Wildman–Crippen LogP) is 3.65. The molecule has 0 bridgehead atoms. The van der Waals surface area contributed by atoms with Crippen LogP contribution in [0.15, 0.2) is 12.1 Å². The first kappa shape index (κ1) is 18.1. The molecule has 120 valence electrons. The van der Waals surface area contributed by atoms with Gasteiger partial charge in [-0.1, -0.05) is 31.9 Å². The van der Waals surface area contributed by atoms with Gasteiger partial charge in [0.05, 0.1) is 13.7 Å². The van der Waals surface area contributed by atoms with Crippen molar-refractivity contribution in [3.8, 4) is 11.5 Å². The average molecular weight is 316 g/mol. The molecule has 0 radical (unpaired) electrons. The van der Waals surface area contributed by atoms with Crippen molar-refractivity contribution in [2.75, 3.05) is 33.5 Å². The first-order valence-electron chi connectivity index (χ1n) is 7.50. The molecule has 0 atom stereocenters. The maximum absolute atomic E-state index is 6.11. The third-order valence-corrected chi connectivity index (χ3v) is 3.22. The van der Waals surface area contributed by atoms with Crippen LogP contribution in [0.1, 0.15) is 32.3 Å². The maximum atomic E-state index is 6.11. The molecule has 0 aromatic heterocycles. The van der Waals surface area contributed by atoms with E-state index in [9.17, 15) is 0 Å². The fraction of sp³-hybridized carbons (Fsp3) is 0.625. The van der Waals surface area contributed by atoms with Gasteiger partial charge in [-0.3, -0.25) is 0 Å². The first-order valence-corrected chi connectivity index (χ1v) is 7.88. The van der Waals surface area contributed by atoms with Crippen molar-refractivity contribution < 1.29 is 14.2 Å². The van der Waals surface area contributed by atoms with Gasteiger partial charge in [-0.05, 0) is 19.0 Å². The highest BCUT2D eigenvalue weighted by Crippen LogP contribution is 2.34. The lowest BCUT2D eigenvalue weighted by Crippen LogP contribution is -2.15. The Morgan fingerprint density at radius 3 is 2.62 bits per heavy atom. The van der Waals surface area contributed by atoms with Crippen molar-refractivity contribution in [2.24, 2.45) is 0 Å². The van der Waals surface area contributed by atoms with Crippen LogP contribution in [-0.2, 0) is 11.3 Å². The van der Waals surface area contributed by atoms with Gasteiger partial charge >= 0.3 is 0 Å². The fourth-order valence-electron chi connectivity index (χ4n) is 1.88. The second kappa shape index (κ2) is 10.7. The molecule has 0 fully saturated rings. The fourth-order valence-corrected chi connectivity index (χ4v) is 2.11. The maximum Gasteiger partial charge on any atom is 0.165 e. The van der Waals surface area contributed by atoms with Crippen LogP contribution in [0.5, 0.6) is 11.5 Å². The summed E-state index contributed by atoms with van der Waals surface area (Å²) in [6.07, 6.45) is 2.22. The molecule has 0 amide bonds. The van der Waals surface area contributed by atoms with Crippen molar-refractivity contribution in [2.45, 2.75) is 33.2 Å². The third kappa shape index (κ3) is 6.55. The lowest BCUT2D eigenvalue weighted by molar-refractivity contribution is 0.0966. The molecule has 0 aliphatic heterocycles. The number of hydrogen-bond acceptors (Lipinski definition) is 4. The van der Waals surface area contributed by atoms with Crippen molar-refractivity contribution in [3.05, 3.63) is 22.7 Å². The standard InChI is InChI=1S/C16H26ClNO3/c1-4-6-7-20-8-9-21-16-13(12-18-5-2)10-14(17)11-15(16)19-3/h10-11,18H,4-9,12H2,1-3H3. The predicted molar refractivity (Wildman–Crippen MR) is 86.6 cm³/mol. The van der Waals surface area contributed by atoms with Gasteiger partial charge in [0.25, 0.3) is 0 Å². The lowest BCUT2D eigenvalue weighted by atomic mass is 10.2. The van der Waals surface area contributed by atoms with Gasteiger partial charge in [0, 0.05) is 29.8 Å². The van der Waals surface area contributed by atoms with Gasteiger partial charge in [-0.25, -0.2) is 0 Å². The summed E-state index contributed by atoms with van der Waals surface area (Å²) in [5, 5.41) is 3.92. The van der Waals surface area contributed by atoms with E-state index in [4.69, 9.17) is 25.8 Å². The number of ether oxygens (including phenoxy) is 3. The largest absolute Gasteiger partial charge is 0.493 e. The van der Waals surface area contributed by atoms with Crippen LogP contribution in [0.4, 0.5) is 0 Å². The normalized spacial score (nSPS) is 10.7. The van der Waals surface area contributed by atoms with Crippen LogP contribution in [0.3, 0.4) is 0 Å². The minimum Gasteiger partial charge on any atom is -0.493 e. The number of halogens is 1. The number of nitrogens with one attached hydrogen (secondary N) is 1. The van der Waals surface area contributed by atoms with E-state index in [0.29, 0.717) is 30.5 Å². The second-order valence-corrected chi connectivity index (χ2v) is 5.13. The van der Waals surface area contributed by atoms with Gasteiger partial charge in [0.2, 0.25) is 0 Å². The van der Waals surface area contributed by atoms with Crippen LogP contribution >= 0.6 is 11.6 Å². The van der Waals surface area contributed by atoms with E-state index in [2.05, 4.69) is 19.2 Å². The third-order valence-electron chi connectivity index (χ3n) is 3.00. The summed E-state index contributed by atoms with van der Waals surface area (Å²) < 4.78 is 16.7. The van der Waals surface area contributed by atoms with Crippen LogP contribution < -0.4 is 14.8 Å². The highest BCUT2D eigenvalue weighted by Gasteiger charge is 2.12. The van der Waals surface area contributed by atoms with Crippen molar-refractivity contribution in [3.63, 3.8) is 0 Å². The molecule has 0 saturated carbocycles. The molecule has 0 aliphatic rings.